The van der Waals surface area contributed by atoms with Crippen molar-refractivity contribution >= 4 is 17.6 Å². The van der Waals surface area contributed by atoms with E-state index in [1.165, 1.54) is 6.92 Å². The fourth-order valence-electron chi connectivity index (χ4n) is 1.06. The fourth-order valence-corrected chi connectivity index (χ4v) is 1.29. The summed E-state index contributed by atoms with van der Waals surface area (Å²) in [6, 6.07) is 0. The minimum absolute atomic E-state index is 0.0104. The summed E-state index contributed by atoms with van der Waals surface area (Å²) in [4.78, 5) is 14.3. The highest BCUT2D eigenvalue weighted by molar-refractivity contribution is 6.31. The molecule has 1 aromatic heterocycles. The highest BCUT2D eigenvalue weighted by atomic mass is 35.5. The van der Waals surface area contributed by atoms with E-state index < -0.39 is 34.5 Å². The van der Waals surface area contributed by atoms with E-state index in [1.54, 1.807) is 0 Å². The summed E-state index contributed by atoms with van der Waals surface area (Å²) in [7, 11) is 0. The third-order valence-electron chi connectivity index (χ3n) is 1.73. The Morgan fingerprint density at radius 3 is 2.75 bits per heavy atom. The average molecular weight is 254 g/mol. The number of hydrogen-bond donors (Lipinski definition) is 0. The van der Waals surface area contributed by atoms with Gasteiger partial charge in [-0.2, -0.15) is 4.39 Å². The molecule has 0 aliphatic carbocycles. The molecule has 1 aromatic rings. The number of aromatic nitrogens is 1. The highest BCUT2D eigenvalue weighted by Crippen LogP contribution is 2.31. The number of halogens is 4. The van der Waals surface area contributed by atoms with Gasteiger partial charge in [0, 0.05) is 6.20 Å². The molecular formula is C9H7ClF3NO2. The monoisotopic (exact) mass is 253 g/mol. The number of nitrogens with zero attached hydrogens (tertiary/aromatic N) is 1. The third kappa shape index (κ3) is 2.44. The SMILES string of the molecule is CCOC(=O)c1cnc(F)c(Cl)c1C(F)F. The molecule has 7 heteroatoms. The Balaban J connectivity index is 3.28. The highest BCUT2D eigenvalue weighted by Gasteiger charge is 2.25. The van der Waals surface area contributed by atoms with Crippen molar-refractivity contribution in [3.63, 3.8) is 0 Å². The average Bonchev–Trinajstić information content (AvgIpc) is 2.21. The zero-order valence-corrected chi connectivity index (χ0v) is 8.89. The maximum absolute atomic E-state index is 12.8. The van der Waals surface area contributed by atoms with Gasteiger partial charge in [0.05, 0.1) is 17.7 Å². The number of carbonyl (C=O) groups excluding carboxylic acids is 1. The molecule has 0 atom stereocenters. The minimum atomic E-state index is -3.08. The van der Waals surface area contributed by atoms with Crippen LogP contribution in [-0.2, 0) is 4.74 Å². The second-order valence-electron chi connectivity index (χ2n) is 2.71. The Hall–Kier alpha value is -1.30. The Bertz CT molecular complexity index is 412. The van der Waals surface area contributed by atoms with Crippen LogP contribution in [0.25, 0.3) is 0 Å². The fraction of sp³-hybridized carbons (Fsp3) is 0.333. The Morgan fingerprint density at radius 2 is 2.25 bits per heavy atom. The number of hydrogen-bond acceptors (Lipinski definition) is 3. The van der Waals surface area contributed by atoms with Crippen LogP contribution >= 0.6 is 11.6 Å². The summed E-state index contributed by atoms with van der Waals surface area (Å²) in [6.45, 7) is 1.52. The summed E-state index contributed by atoms with van der Waals surface area (Å²) in [5.41, 5.74) is -1.42. The lowest BCUT2D eigenvalue weighted by atomic mass is 10.1. The van der Waals surface area contributed by atoms with Crippen LogP contribution in [0.3, 0.4) is 0 Å². The number of carbonyl (C=O) groups is 1. The van der Waals surface area contributed by atoms with Gasteiger partial charge in [0.15, 0.2) is 0 Å². The van der Waals surface area contributed by atoms with Crippen molar-refractivity contribution in [3.8, 4) is 0 Å². The molecule has 0 saturated carbocycles. The van der Waals surface area contributed by atoms with Crippen LogP contribution < -0.4 is 0 Å². The Kier molecular flexibility index (Phi) is 4.12. The first-order valence-corrected chi connectivity index (χ1v) is 4.66. The minimum Gasteiger partial charge on any atom is -0.462 e. The maximum atomic E-state index is 12.8. The van der Waals surface area contributed by atoms with Gasteiger partial charge in [0.25, 0.3) is 6.43 Å². The van der Waals surface area contributed by atoms with E-state index in [-0.39, 0.29) is 6.61 Å². The van der Waals surface area contributed by atoms with Crippen LogP contribution in [-0.4, -0.2) is 17.6 Å². The van der Waals surface area contributed by atoms with Gasteiger partial charge in [-0.05, 0) is 6.92 Å². The smallest absolute Gasteiger partial charge is 0.340 e. The maximum Gasteiger partial charge on any atom is 0.340 e. The summed E-state index contributed by atoms with van der Waals surface area (Å²) in [5, 5.41) is -0.861. The molecular weight excluding hydrogens is 247 g/mol. The summed E-state index contributed by atoms with van der Waals surface area (Å²) in [5.74, 6) is -2.25. The largest absolute Gasteiger partial charge is 0.462 e. The Labute approximate surface area is 94.2 Å². The molecule has 88 valence electrons. The van der Waals surface area contributed by atoms with E-state index in [2.05, 4.69) is 9.72 Å². The molecule has 0 N–H and O–H groups in total. The van der Waals surface area contributed by atoms with Gasteiger partial charge in [-0.3, -0.25) is 0 Å². The molecule has 0 unspecified atom stereocenters. The lowest BCUT2D eigenvalue weighted by Crippen LogP contribution is -2.10. The van der Waals surface area contributed by atoms with E-state index in [9.17, 15) is 18.0 Å². The zero-order chi connectivity index (χ0) is 12.3. The molecule has 0 fully saturated rings. The van der Waals surface area contributed by atoms with Crippen molar-refractivity contribution in [2.45, 2.75) is 13.3 Å². The lowest BCUT2D eigenvalue weighted by Gasteiger charge is -2.09. The first-order chi connectivity index (χ1) is 7.49. The molecule has 0 aliphatic rings. The van der Waals surface area contributed by atoms with Crippen LogP contribution in [0, 0.1) is 5.95 Å². The lowest BCUT2D eigenvalue weighted by molar-refractivity contribution is 0.0514. The van der Waals surface area contributed by atoms with Gasteiger partial charge in [-0.15, -0.1) is 0 Å². The summed E-state index contributed by atoms with van der Waals surface area (Å²) in [6.07, 6.45) is -2.40. The van der Waals surface area contributed by atoms with Crippen molar-refractivity contribution in [1.29, 1.82) is 0 Å². The number of ether oxygens (including phenoxy) is 1. The quantitative estimate of drug-likeness (QED) is 0.614. The summed E-state index contributed by atoms with van der Waals surface area (Å²) < 4.78 is 42.5. The topological polar surface area (TPSA) is 39.2 Å². The molecule has 0 aromatic carbocycles. The van der Waals surface area contributed by atoms with Gasteiger partial charge >= 0.3 is 5.97 Å². The second kappa shape index (κ2) is 5.16. The normalized spacial score (nSPS) is 10.6. The number of alkyl halides is 2. The second-order valence-corrected chi connectivity index (χ2v) is 3.09. The van der Waals surface area contributed by atoms with Crippen LogP contribution in [0.2, 0.25) is 5.02 Å². The first kappa shape index (κ1) is 12.8. The van der Waals surface area contributed by atoms with Gasteiger partial charge in [0.1, 0.15) is 5.02 Å². The molecule has 0 amide bonds. The van der Waals surface area contributed by atoms with Crippen molar-refractivity contribution in [2.24, 2.45) is 0 Å². The van der Waals surface area contributed by atoms with Crippen molar-refractivity contribution in [1.82, 2.24) is 4.98 Å². The van der Waals surface area contributed by atoms with Crippen molar-refractivity contribution in [2.75, 3.05) is 6.61 Å². The van der Waals surface area contributed by atoms with Crippen LogP contribution in [0.4, 0.5) is 13.2 Å². The van der Waals surface area contributed by atoms with Crippen LogP contribution in [0.1, 0.15) is 29.3 Å². The van der Waals surface area contributed by atoms with E-state index >= 15 is 0 Å². The van der Waals surface area contributed by atoms with E-state index in [4.69, 9.17) is 11.6 Å². The molecule has 0 radical (unpaired) electrons. The van der Waals surface area contributed by atoms with Crippen LogP contribution in [0.15, 0.2) is 6.20 Å². The molecule has 3 nitrogen and oxygen atoms in total. The molecule has 1 heterocycles. The Morgan fingerprint density at radius 1 is 1.62 bits per heavy atom. The van der Waals surface area contributed by atoms with Crippen molar-refractivity contribution < 1.29 is 22.7 Å². The zero-order valence-electron chi connectivity index (χ0n) is 8.14. The number of esters is 1. The molecule has 1 rings (SSSR count). The van der Waals surface area contributed by atoms with E-state index in [1.807, 2.05) is 0 Å². The predicted molar refractivity (Wildman–Crippen MR) is 50.1 cm³/mol. The van der Waals surface area contributed by atoms with Gasteiger partial charge in [0.2, 0.25) is 5.95 Å². The third-order valence-corrected chi connectivity index (χ3v) is 2.09. The standard InChI is InChI=1S/C9H7ClF3NO2/c1-2-16-9(15)4-3-14-8(13)6(10)5(4)7(11)12/h3,7H,2H2,1H3. The first-order valence-electron chi connectivity index (χ1n) is 4.28. The number of pyridine rings is 1. The number of rotatable bonds is 3. The van der Waals surface area contributed by atoms with E-state index in [0.29, 0.717) is 6.20 Å². The van der Waals surface area contributed by atoms with Crippen LogP contribution in [0.5, 0.6) is 0 Å². The molecule has 0 spiro atoms. The van der Waals surface area contributed by atoms with E-state index in [0.717, 1.165) is 0 Å². The van der Waals surface area contributed by atoms with Gasteiger partial charge in [-0.25, -0.2) is 18.6 Å². The predicted octanol–water partition coefficient (Wildman–Crippen LogP) is 2.99. The molecule has 16 heavy (non-hydrogen) atoms. The van der Waals surface area contributed by atoms with Gasteiger partial charge < -0.3 is 4.74 Å². The van der Waals surface area contributed by atoms with Crippen molar-refractivity contribution in [3.05, 3.63) is 28.3 Å². The summed E-state index contributed by atoms with van der Waals surface area (Å²) >= 11 is 5.31. The molecule has 0 saturated heterocycles. The molecule has 0 aliphatic heterocycles. The molecule has 0 bridgehead atoms. The van der Waals surface area contributed by atoms with Gasteiger partial charge in [-0.1, -0.05) is 11.6 Å².